The summed E-state index contributed by atoms with van der Waals surface area (Å²) in [6, 6.07) is 8.59. The number of benzene rings is 1. The standard InChI is InChI=1S/C20H33N3O2/c1-16-14-22(15-17(2)23(16)12-6-11-21(3)4)20(24)13-18-7-9-19(25-5)10-8-18/h7-10,16-17H,6,11-15H2,1-5H3. The summed E-state index contributed by atoms with van der Waals surface area (Å²) in [4.78, 5) is 19.5. The van der Waals surface area contributed by atoms with Gasteiger partial charge in [0.15, 0.2) is 0 Å². The lowest BCUT2D eigenvalue weighted by molar-refractivity contribution is -0.134. The molecule has 140 valence electrons. The summed E-state index contributed by atoms with van der Waals surface area (Å²) in [5.74, 6) is 1.04. The van der Waals surface area contributed by atoms with Gasteiger partial charge in [0.25, 0.3) is 0 Å². The summed E-state index contributed by atoms with van der Waals surface area (Å²) in [7, 11) is 5.88. The summed E-state index contributed by atoms with van der Waals surface area (Å²) in [6.45, 7) is 8.32. The third kappa shape index (κ3) is 5.72. The second-order valence-corrected chi connectivity index (χ2v) is 7.42. The molecule has 1 fully saturated rings. The highest BCUT2D eigenvalue weighted by molar-refractivity contribution is 5.79. The molecule has 1 aromatic carbocycles. The molecule has 0 saturated carbocycles. The molecule has 25 heavy (non-hydrogen) atoms. The fraction of sp³-hybridized carbons (Fsp3) is 0.650. The van der Waals surface area contributed by atoms with E-state index in [1.54, 1.807) is 7.11 Å². The van der Waals surface area contributed by atoms with E-state index in [0.29, 0.717) is 18.5 Å². The van der Waals surface area contributed by atoms with Gasteiger partial charge in [0.05, 0.1) is 13.5 Å². The molecule has 0 aliphatic carbocycles. The van der Waals surface area contributed by atoms with Crippen LogP contribution >= 0.6 is 0 Å². The molecular weight excluding hydrogens is 314 g/mol. The van der Waals surface area contributed by atoms with Crippen molar-refractivity contribution < 1.29 is 9.53 Å². The normalized spacial score (nSPS) is 21.6. The van der Waals surface area contributed by atoms with Crippen LogP contribution in [0.25, 0.3) is 0 Å². The van der Waals surface area contributed by atoms with Gasteiger partial charge in [-0.1, -0.05) is 12.1 Å². The molecule has 0 N–H and O–H groups in total. The van der Waals surface area contributed by atoms with Gasteiger partial charge in [-0.2, -0.15) is 0 Å². The number of methoxy groups -OCH3 is 1. The number of piperazine rings is 1. The molecule has 0 radical (unpaired) electrons. The van der Waals surface area contributed by atoms with E-state index in [1.807, 2.05) is 29.2 Å². The number of ether oxygens (including phenoxy) is 1. The zero-order chi connectivity index (χ0) is 18.4. The molecular formula is C20H33N3O2. The molecule has 2 rings (SSSR count). The van der Waals surface area contributed by atoms with Crippen molar-refractivity contribution in [1.82, 2.24) is 14.7 Å². The number of hydrogen-bond donors (Lipinski definition) is 0. The van der Waals surface area contributed by atoms with Crippen molar-refractivity contribution in [2.24, 2.45) is 0 Å². The molecule has 0 bridgehead atoms. The first kappa shape index (κ1) is 19.7. The Balaban J connectivity index is 1.87. The smallest absolute Gasteiger partial charge is 0.227 e. The van der Waals surface area contributed by atoms with Gasteiger partial charge in [-0.15, -0.1) is 0 Å². The van der Waals surface area contributed by atoms with Crippen LogP contribution in [-0.2, 0) is 11.2 Å². The Morgan fingerprint density at radius 2 is 1.76 bits per heavy atom. The molecule has 2 atom stereocenters. The topological polar surface area (TPSA) is 36.0 Å². The zero-order valence-electron chi connectivity index (χ0n) is 16.4. The van der Waals surface area contributed by atoms with Crippen molar-refractivity contribution in [2.75, 3.05) is 47.4 Å². The SMILES string of the molecule is COc1ccc(CC(=O)N2CC(C)N(CCCN(C)C)C(C)C2)cc1. The lowest BCUT2D eigenvalue weighted by atomic mass is 10.1. The molecule has 0 aromatic heterocycles. The summed E-state index contributed by atoms with van der Waals surface area (Å²) in [6.07, 6.45) is 1.63. The molecule has 1 aliphatic heterocycles. The number of carbonyl (C=O) groups excluding carboxylic acids is 1. The minimum atomic E-state index is 0.219. The first-order valence-corrected chi connectivity index (χ1v) is 9.22. The minimum Gasteiger partial charge on any atom is -0.497 e. The zero-order valence-corrected chi connectivity index (χ0v) is 16.4. The third-order valence-corrected chi connectivity index (χ3v) is 4.99. The Morgan fingerprint density at radius 1 is 1.16 bits per heavy atom. The van der Waals surface area contributed by atoms with E-state index in [4.69, 9.17) is 4.74 Å². The molecule has 1 aliphatic rings. The Labute approximate surface area is 152 Å². The van der Waals surface area contributed by atoms with Gasteiger partial charge in [-0.05, 0) is 58.6 Å². The minimum absolute atomic E-state index is 0.219. The number of carbonyl (C=O) groups is 1. The maximum atomic E-state index is 12.7. The summed E-state index contributed by atoms with van der Waals surface area (Å²) < 4.78 is 5.17. The van der Waals surface area contributed by atoms with E-state index in [9.17, 15) is 4.79 Å². The van der Waals surface area contributed by atoms with Crippen LogP contribution in [-0.4, -0.2) is 80.1 Å². The molecule has 5 nitrogen and oxygen atoms in total. The van der Waals surface area contributed by atoms with Crippen LogP contribution in [0.3, 0.4) is 0 Å². The van der Waals surface area contributed by atoms with Crippen LogP contribution in [0.15, 0.2) is 24.3 Å². The maximum Gasteiger partial charge on any atom is 0.227 e. The average molecular weight is 348 g/mol. The third-order valence-electron chi connectivity index (χ3n) is 4.99. The monoisotopic (exact) mass is 347 g/mol. The highest BCUT2D eigenvalue weighted by Crippen LogP contribution is 2.18. The highest BCUT2D eigenvalue weighted by Gasteiger charge is 2.31. The summed E-state index contributed by atoms with van der Waals surface area (Å²) in [5, 5.41) is 0. The van der Waals surface area contributed by atoms with Crippen molar-refractivity contribution >= 4 is 5.91 Å². The fourth-order valence-electron chi connectivity index (χ4n) is 3.60. The van der Waals surface area contributed by atoms with Crippen molar-refractivity contribution in [1.29, 1.82) is 0 Å². The van der Waals surface area contributed by atoms with E-state index in [-0.39, 0.29) is 5.91 Å². The number of rotatable bonds is 7. The van der Waals surface area contributed by atoms with Gasteiger partial charge < -0.3 is 14.5 Å². The highest BCUT2D eigenvalue weighted by atomic mass is 16.5. The van der Waals surface area contributed by atoms with Crippen LogP contribution in [0, 0.1) is 0 Å². The van der Waals surface area contributed by atoms with Crippen LogP contribution < -0.4 is 4.74 Å². The van der Waals surface area contributed by atoms with Gasteiger partial charge in [0, 0.05) is 31.7 Å². The molecule has 1 saturated heterocycles. The largest absolute Gasteiger partial charge is 0.497 e. The van der Waals surface area contributed by atoms with E-state index in [1.165, 1.54) is 6.42 Å². The van der Waals surface area contributed by atoms with Gasteiger partial charge >= 0.3 is 0 Å². The first-order valence-electron chi connectivity index (χ1n) is 9.22. The predicted molar refractivity (Wildman–Crippen MR) is 102 cm³/mol. The predicted octanol–water partition coefficient (Wildman–Crippen LogP) is 2.11. The number of nitrogens with zero attached hydrogens (tertiary/aromatic N) is 3. The Hall–Kier alpha value is -1.59. The van der Waals surface area contributed by atoms with Gasteiger partial charge in [-0.3, -0.25) is 9.69 Å². The Bertz CT molecular complexity index is 532. The van der Waals surface area contributed by atoms with Gasteiger partial charge in [0.2, 0.25) is 5.91 Å². The second kappa shape index (κ2) is 9.20. The molecule has 1 aromatic rings. The lowest BCUT2D eigenvalue weighted by Gasteiger charge is -2.44. The summed E-state index contributed by atoms with van der Waals surface area (Å²) >= 11 is 0. The average Bonchev–Trinajstić information content (AvgIpc) is 2.57. The van der Waals surface area contributed by atoms with Crippen LogP contribution in [0.5, 0.6) is 5.75 Å². The van der Waals surface area contributed by atoms with Crippen molar-refractivity contribution in [2.45, 2.75) is 38.8 Å². The van der Waals surface area contributed by atoms with E-state index >= 15 is 0 Å². The van der Waals surface area contributed by atoms with E-state index in [0.717, 1.165) is 37.5 Å². The first-order chi connectivity index (χ1) is 11.9. The van der Waals surface area contributed by atoms with Crippen molar-refractivity contribution in [3.8, 4) is 5.75 Å². The Kier molecular flexibility index (Phi) is 7.26. The van der Waals surface area contributed by atoms with E-state index < -0.39 is 0 Å². The molecule has 1 amide bonds. The molecule has 2 unspecified atom stereocenters. The second-order valence-electron chi connectivity index (χ2n) is 7.42. The molecule has 1 heterocycles. The molecule has 5 heteroatoms. The summed E-state index contributed by atoms with van der Waals surface area (Å²) in [5.41, 5.74) is 1.04. The van der Waals surface area contributed by atoms with Crippen molar-refractivity contribution in [3.63, 3.8) is 0 Å². The van der Waals surface area contributed by atoms with Crippen LogP contribution in [0.2, 0.25) is 0 Å². The molecule has 0 spiro atoms. The van der Waals surface area contributed by atoms with Crippen LogP contribution in [0.4, 0.5) is 0 Å². The van der Waals surface area contributed by atoms with Gasteiger partial charge in [-0.25, -0.2) is 0 Å². The maximum absolute atomic E-state index is 12.7. The fourth-order valence-corrected chi connectivity index (χ4v) is 3.60. The number of amides is 1. The van der Waals surface area contributed by atoms with Crippen molar-refractivity contribution in [3.05, 3.63) is 29.8 Å². The van der Waals surface area contributed by atoms with Crippen LogP contribution in [0.1, 0.15) is 25.8 Å². The van der Waals surface area contributed by atoms with Gasteiger partial charge in [0.1, 0.15) is 5.75 Å². The lowest BCUT2D eigenvalue weighted by Crippen LogP contribution is -2.58. The number of hydrogen-bond acceptors (Lipinski definition) is 4. The Morgan fingerprint density at radius 3 is 2.28 bits per heavy atom. The van der Waals surface area contributed by atoms with E-state index in [2.05, 4.69) is 37.7 Å². The quantitative estimate of drug-likeness (QED) is 0.757.